The zero-order valence-corrected chi connectivity index (χ0v) is 16.5. The summed E-state index contributed by atoms with van der Waals surface area (Å²) in [6, 6.07) is 9.72. The van der Waals surface area contributed by atoms with Gasteiger partial charge in [0.25, 0.3) is 5.89 Å². The summed E-state index contributed by atoms with van der Waals surface area (Å²) in [4.78, 5) is 21.4. The molecule has 0 N–H and O–H groups in total. The summed E-state index contributed by atoms with van der Waals surface area (Å²) in [5.74, 6) is 1.98. The van der Waals surface area contributed by atoms with Gasteiger partial charge in [0.15, 0.2) is 5.82 Å². The van der Waals surface area contributed by atoms with E-state index >= 15 is 0 Å². The number of methoxy groups -OCH3 is 1. The molecule has 0 saturated carbocycles. The highest BCUT2D eigenvalue weighted by atomic mass is 32.1. The van der Waals surface area contributed by atoms with Crippen LogP contribution in [0, 0.1) is 0 Å². The molecule has 1 aliphatic carbocycles. The molecular weight excluding hydrogens is 374 g/mol. The average Bonchev–Trinajstić information content (AvgIpc) is 3.45. The number of rotatable bonds is 4. The number of hydrogen-bond acceptors (Lipinski definition) is 6. The Hall–Kier alpha value is -2.67. The Morgan fingerprint density at radius 3 is 2.82 bits per heavy atom. The molecule has 1 fully saturated rings. The van der Waals surface area contributed by atoms with E-state index in [9.17, 15) is 4.79 Å². The zero-order chi connectivity index (χ0) is 19.1. The van der Waals surface area contributed by atoms with Gasteiger partial charge >= 0.3 is 0 Å². The molecule has 7 heteroatoms. The van der Waals surface area contributed by atoms with Crippen molar-refractivity contribution in [2.45, 2.75) is 38.0 Å². The van der Waals surface area contributed by atoms with E-state index in [1.807, 2.05) is 24.3 Å². The van der Waals surface area contributed by atoms with Gasteiger partial charge in [0.05, 0.1) is 12.0 Å². The van der Waals surface area contributed by atoms with Gasteiger partial charge in [-0.15, -0.1) is 11.3 Å². The van der Waals surface area contributed by atoms with Gasteiger partial charge < -0.3 is 14.2 Å². The normalized spacial score (nSPS) is 19.1. The smallest absolute Gasteiger partial charge is 0.268 e. The number of hydrogen-bond donors (Lipinski definition) is 0. The zero-order valence-electron chi connectivity index (χ0n) is 15.7. The topological polar surface area (TPSA) is 68.5 Å². The summed E-state index contributed by atoms with van der Waals surface area (Å²) in [6.45, 7) is 0.561. The number of nitrogens with zero attached hydrogens (tertiary/aromatic N) is 3. The maximum atomic E-state index is 12.5. The molecule has 6 nitrogen and oxygen atoms in total. The first-order chi connectivity index (χ1) is 13.7. The van der Waals surface area contributed by atoms with Crippen LogP contribution in [0.5, 0.6) is 5.75 Å². The van der Waals surface area contributed by atoms with E-state index in [0.717, 1.165) is 29.2 Å². The molecule has 144 valence electrons. The van der Waals surface area contributed by atoms with Gasteiger partial charge in [-0.2, -0.15) is 4.98 Å². The molecule has 3 aromatic rings. The maximum absolute atomic E-state index is 12.5. The third-order valence-corrected chi connectivity index (χ3v) is 6.75. The number of carbonyl (C=O) groups excluding carboxylic acids is 1. The van der Waals surface area contributed by atoms with Crippen LogP contribution in [0.25, 0.3) is 10.8 Å². The van der Waals surface area contributed by atoms with Gasteiger partial charge in [0, 0.05) is 29.4 Å². The minimum atomic E-state index is -0.0540. The van der Waals surface area contributed by atoms with Crippen molar-refractivity contribution in [3.8, 4) is 16.5 Å². The van der Waals surface area contributed by atoms with Gasteiger partial charge in [-0.3, -0.25) is 4.79 Å². The Kier molecular flexibility index (Phi) is 4.39. The predicted molar refractivity (Wildman–Crippen MR) is 107 cm³/mol. The SMILES string of the molecule is COc1ccc(N2CC(c3noc(-c4cc5c(s4)CCCC5)n3)CC2=O)cc1. The number of aromatic nitrogens is 2. The van der Waals surface area contributed by atoms with Gasteiger partial charge in [-0.25, -0.2) is 0 Å². The highest BCUT2D eigenvalue weighted by Crippen LogP contribution is 2.37. The molecule has 5 rings (SSSR count). The van der Waals surface area contributed by atoms with E-state index in [-0.39, 0.29) is 11.8 Å². The Bertz CT molecular complexity index is 985. The van der Waals surface area contributed by atoms with E-state index in [2.05, 4.69) is 16.2 Å². The standard InChI is InChI=1S/C21H21N3O3S/c1-26-16-8-6-15(7-9-16)24-12-14(11-19(24)25)20-22-21(27-23-20)18-10-13-4-2-3-5-17(13)28-18/h6-10,14H,2-5,11-12H2,1H3. The summed E-state index contributed by atoms with van der Waals surface area (Å²) in [7, 11) is 1.63. The molecule has 3 heterocycles. The summed E-state index contributed by atoms with van der Waals surface area (Å²) in [5.41, 5.74) is 2.29. The van der Waals surface area contributed by atoms with Crippen LogP contribution in [0.15, 0.2) is 34.9 Å². The molecule has 1 unspecified atom stereocenters. The molecule has 1 amide bonds. The van der Waals surface area contributed by atoms with Crippen LogP contribution in [0.4, 0.5) is 5.69 Å². The summed E-state index contributed by atoms with van der Waals surface area (Å²) < 4.78 is 10.7. The summed E-state index contributed by atoms with van der Waals surface area (Å²) >= 11 is 1.76. The van der Waals surface area contributed by atoms with Crippen LogP contribution in [0.1, 0.15) is 41.4 Å². The highest BCUT2D eigenvalue weighted by Gasteiger charge is 2.35. The van der Waals surface area contributed by atoms with E-state index in [4.69, 9.17) is 9.26 Å². The molecule has 1 saturated heterocycles. The first-order valence-electron chi connectivity index (χ1n) is 9.61. The lowest BCUT2D eigenvalue weighted by Gasteiger charge is -2.16. The van der Waals surface area contributed by atoms with Crippen molar-refractivity contribution in [1.29, 1.82) is 0 Å². The fourth-order valence-corrected chi connectivity index (χ4v) is 5.16. The molecular formula is C21H21N3O3S. The number of benzene rings is 1. The largest absolute Gasteiger partial charge is 0.497 e. The van der Waals surface area contributed by atoms with Crippen LogP contribution in [-0.2, 0) is 17.6 Å². The summed E-state index contributed by atoms with van der Waals surface area (Å²) in [5, 5.41) is 4.19. The van der Waals surface area contributed by atoms with Crippen LogP contribution in [-0.4, -0.2) is 29.7 Å². The van der Waals surface area contributed by atoms with Crippen molar-refractivity contribution in [3.05, 3.63) is 46.6 Å². The number of fused-ring (bicyclic) bond motifs is 1. The fourth-order valence-electron chi connectivity index (χ4n) is 3.99. The number of anilines is 1. The van der Waals surface area contributed by atoms with Gasteiger partial charge in [0.2, 0.25) is 5.91 Å². The van der Waals surface area contributed by atoms with E-state index in [0.29, 0.717) is 24.7 Å². The molecule has 28 heavy (non-hydrogen) atoms. The Morgan fingerprint density at radius 2 is 2.04 bits per heavy atom. The lowest BCUT2D eigenvalue weighted by molar-refractivity contribution is -0.117. The Balaban J connectivity index is 1.34. The van der Waals surface area contributed by atoms with E-state index in [1.165, 1.54) is 23.3 Å². The molecule has 2 aliphatic rings. The molecule has 0 bridgehead atoms. The third-order valence-electron chi connectivity index (χ3n) is 5.52. The number of amides is 1. The van der Waals surface area contributed by atoms with Crippen molar-refractivity contribution in [2.24, 2.45) is 0 Å². The number of carbonyl (C=O) groups is 1. The lowest BCUT2D eigenvalue weighted by Crippen LogP contribution is -2.24. The fraction of sp³-hybridized carbons (Fsp3) is 0.381. The van der Waals surface area contributed by atoms with Gasteiger partial charge in [-0.1, -0.05) is 5.16 Å². The molecule has 0 spiro atoms. The first-order valence-corrected chi connectivity index (χ1v) is 10.4. The first kappa shape index (κ1) is 17.4. The highest BCUT2D eigenvalue weighted by molar-refractivity contribution is 7.15. The third kappa shape index (κ3) is 3.09. The molecule has 2 aromatic heterocycles. The van der Waals surface area contributed by atoms with Gasteiger partial charge in [0.1, 0.15) is 5.75 Å². The van der Waals surface area contributed by atoms with Crippen LogP contribution in [0.3, 0.4) is 0 Å². The molecule has 1 aromatic carbocycles. The van der Waals surface area contributed by atoms with Crippen LogP contribution >= 0.6 is 11.3 Å². The predicted octanol–water partition coefficient (Wildman–Crippen LogP) is 4.21. The number of thiophene rings is 1. The van der Waals surface area contributed by atoms with E-state index in [1.54, 1.807) is 23.3 Å². The van der Waals surface area contributed by atoms with Gasteiger partial charge in [-0.05, 0) is 61.6 Å². The second kappa shape index (κ2) is 7.05. The van der Waals surface area contributed by atoms with Crippen molar-refractivity contribution in [1.82, 2.24) is 10.1 Å². The van der Waals surface area contributed by atoms with Crippen LogP contribution < -0.4 is 9.64 Å². The Morgan fingerprint density at radius 1 is 1.21 bits per heavy atom. The van der Waals surface area contributed by atoms with Crippen molar-refractivity contribution < 1.29 is 14.1 Å². The maximum Gasteiger partial charge on any atom is 0.268 e. The second-order valence-corrected chi connectivity index (χ2v) is 8.46. The van der Waals surface area contributed by atoms with Crippen molar-refractivity contribution in [3.63, 3.8) is 0 Å². The van der Waals surface area contributed by atoms with Crippen LogP contribution in [0.2, 0.25) is 0 Å². The molecule has 1 aliphatic heterocycles. The minimum absolute atomic E-state index is 0.0540. The second-order valence-electron chi connectivity index (χ2n) is 7.33. The molecule has 0 radical (unpaired) electrons. The summed E-state index contributed by atoms with van der Waals surface area (Å²) in [6.07, 6.45) is 5.19. The van der Waals surface area contributed by atoms with Crippen molar-refractivity contribution >= 4 is 22.9 Å². The average molecular weight is 395 g/mol. The molecule has 1 atom stereocenters. The van der Waals surface area contributed by atoms with Crippen molar-refractivity contribution in [2.75, 3.05) is 18.6 Å². The quantitative estimate of drug-likeness (QED) is 0.662. The number of ether oxygens (including phenoxy) is 1. The lowest BCUT2D eigenvalue weighted by atomic mass is 9.99. The van der Waals surface area contributed by atoms with E-state index < -0.39 is 0 Å². The number of aryl methyl sites for hydroxylation is 2. The monoisotopic (exact) mass is 395 g/mol. The minimum Gasteiger partial charge on any atom is -0.497 e. The Labute approximate surface area is 167 Å².